The molecule has 6 nitrogen and oxygen atoms in total. The zero-order valence-corrected chi connectivity index (χ0v) is 15.7. The van der Waals surface area contributed by atoms with Crippen molar-refractivity contribution in [1.29, 1.82) is 0 Å². The number of ether oxygens (including phenoxy) is 1. The number of aliphatic hydroxyl groups is 5. The summed E-state index contributed by atoms with van der Waals surface area (Å²) in [7, 11) is -0.521. The van der Waals surface area contributed by atoms with Gasteiger partial charge in [0.25, 0.3) is 0 Å². The van der Waals surface area contributed by atoms with Crippen LogP contribution in [0.25, 0.3) is 0 Å². The first kappa shape index (κ1) is 22.7. The highest BCUT2D eigenvalue weighted by Crippen LogP contribution is 2.25. The molecule has 8 heteroatoms. The summed E-state index contributed by atoms with van der Waals surface area (Å²) in [5.74, 6) is 0.623. The van der Waals surface area contributed by atoms with E-state index in [1.807, 2.05) is 31.2 Å². The average Bonchev–Trinajstić information content (AvgIpc) is 2.83. The van der Waals surface area contributed by atoms with E-state index in [2.05, 4.69) is 0 Å². The van der Waals surface area contributed by atoms with Crippen LogP contribution in [0, 0.1) is 6.92 Å². The lowest BCUT2D eigenvalue weighted by molar-refractivity contribution is -0.0624. The molecule has 0 bridgehead atoms. The number of hydrogen-bond donors (Lipinski definition) is 5. The molecule has 0 spiro atoms. The fourth-order valence-corrected chi connectivity index (χ4v) is 5.58. The van der Waals surface area contributed by atoms with E-state index in [1.54, 1.807) is 0 Å². The van der Waals surface area contributed by atoms with Crippen molar-refractivity contribution >= 4 is 10.9 Å². The summed E-state index contributed by atoms with van der Waals surface area (Å²) in [5.41, 5.74) is 2.07. The summed E-state index contributed by atoms with van der Waals surface area (Å²) in [6, 6.07) is 7.75. The van der Waals surface area contributed by atoms with Gasteiger partial charge in [-0.05, 0) is 18.1 Å². The molecule has 1 aromatic carbocycles. The molecular formula is C17H27ClO6S. The summed E-state index contributed by atoms with van der Waals surface area (Å²) in [4.78, 5) is 0. The Morgan fingerprint density at radius 3 is 2.52 bits per heavy atom. The minimum Gasteiger partial charge on any atom is -1.00 e. The predicted octanol–water partition coefficient (Wildman–Crippen LogP) is -4.05. The molecule has 0 aliphatic carbocycles. The Bertz CT molecular complexity index is 520. The van der Waals surface area contributed by atoms with Crippen molar-refractivity contribution < 1.29 is 42.7 Å². The second kappa shape index (κ2) is 10.7. The maximum atomic E-state index is 10.4. The first-order valence-electron chi connectivity index (χ1n) is 8.06. The topological polar surface area (TPSA) is 110 Å². The summed E-state index contributed by atoms with van der Waals surface area (Å²) in [5, 5.41) is 48.4. The Hall–Kier alpha value is -0.380. The molecule has 0 aromatic heterocycles. The minimum atomic E-state index is -0.967. The Morgan fingerprint density at radius 1 is 1.24 bits per heavy atom. The molecule has 144 valence electrons. The van der Waals surface area contributed by atoms with E-state index >= 15 is 0 Å². The van der Waals surface area contributed by atoms with E-state index in [-0.39, 0.29) is 38.0 Å². The van der Waals surface area contributed by atoms with Gasteiger partial charge in [0, 0.05) is 10.9 Å². The third kappa shape index (κ3) is 5.80. The standard InChI is InChI=1S/C17H27O6S.ClH/c1-11-4-2-3-5-12(11)8-23-15(6-18)13(20)9-24-10-14(21)17(22)16(24)7-19;/h2-5,13-22H,6-10H2,1H3;1H/q+1;/p-1/t13?,14-,15+,16-,17+,24?;/m1./s1. The molecule has 1 aliphatic rings. The molecule has 2 unspecified atom stereocenters. The van der Waals surface area contributed by atoms with Crippen molar-refractivity contribution in [3.63, 3.8) is 0 Å². The number of hydrogen-bond acceptors (Lipinski definition) is 6. The zero-order chi connectivity index (χ0) is 17.7. The second-order valence-corrected chi connectivity index (χ2v) is 8.52. The van der Waals surface area contributed by atoms with Gasteiger partial charge in [-0.15, -0.1) is 0 Å². The SMILES string of the molecule is Cc1ccccc1CO[C@@H](CO)C(O)C[S+]1C[C@@H](O)[C@H](O)[C@H]1CO.[Cl-]. The van der Waals surface area contributed by atoms with Crippen LogP contribution in [0.3, 0.4) is 0 Å². The van der Waals surface area contributed by atoms with Crippen LogP contribution in [0.5, 0.6) is 0 Å². The number of aliphatic hydroxyl groups excluding tert-OH is 5. The van der Waals surface area contributed by atoms with E-state index in [0.29, 0.717) is 5.75 Å². The number of aryl methyl sites for hydroxylation is 1. The maximum Gasteiger partial charge on any atom is 0.169 e. The quantitative estimate of drug-likeness (QED) is 0.287. The Morgan fingerprint density at radius 2 is 1.92 bits per heavy atom. The van der Waals surface area contributed by atoms with Crippen LogP contribution >= 0.6 is 0 Å². The molecular weight excluding hydrogens is 368 g/mol. The highest BCUT2D eigenvalue weighted by molar-refractivity contribution is 7.97. The molecule has 5 N–H and O–H groups in total. The van der Waals surface area contributed by atoms with Crippen molar-refractivity contribution in [1.82, 2.24) is 0 Å². The van der Waals surface area contributed by atoms with E-state index in [4.69, 9.17) is 4.74 Å². The monoisotopic (exact) mass is 394 g/mol. The summed E-state index contributed by atoms with van der Waals surface area (Å²) in [6.45, 7) is 1.70. The van der Waals surface area contributed by atoms with Crippen LogP contribution in [0.2, 0.25) is 0 Å². The predicted molar refractivity (Wildman–Crippen MR) is 92.8 cm³/mol. The number of rotatable bonds is 8. The maximum absolute atomic E-state index is 10.4. The smallest absolute Gasteiger partial charge is 0.169 e. The normalized spacial score (nSPS) is 28.4. The lowest BCUT2D eigenvalue weighted by atomic mass is 10.1. The third-order valence-electron chi connectivity index (χ3n) is 4.48. The Kier molecular flexibility index (Phi) is 9.69. The van der Waals surface area contributed by atoms with Gasteiger partial charge in [-0.3, -0.25) is 0 Å². The van der Waals surface area contributed by atoms with E-state index in [1.165, 1.54) is 0 Å². The lowest BCUT2D eigenvalue weighted by Crippen LogP contribution is -3.00. The molecule has 0 radical (unpaired) electrons. The Labute approximate surface area is 157 Å². The molecule has 2 rings (SSSR count). The van der Waals surface area contributed by atoms with Gasteiger partial charge in [-0.25, -0.2) is 0 Å². The fraction of sp³-hybridized carbons (Fsp3) is 0.647. The van der Waals surface area contributed by atoms with Gasteiger partial charge in [0.15, 0.2) is 5.25 Å². The molecule has 1 aliphatic heterocycles. The van der Waals surface area contributed by atoms with Crippen molar-refractivity contribution in [2.45, 2.75) is 43.2 Å². The number of halogens is 1. The summed E-state index contributed by atoms with van der Waals surface area (Å²) < 4.78 is 5.67. The lowest BCUT2D eigenvalue weighted by Gasteiger charge is -2.22. The first-order valence-corrected chi connectivity index (χ1v) is 9.68. The second-order valence-electron chi connectivity index (χ2n) is 6.18. The number of benzene rings is 1. The highest BCUT2D eigenvalue weighted by atomic mass is 35.5. The largest absolute Gasteiger partial charge is 1.00 e. The fourth-order valence-electron chi connectivity index (χ4n) is 2.87. The van der Waals surface area contributed by atoms with E-state index in [0.717, 1.165) is 11.1 Å². The van der Waals surface area contributed by atoms with Crippen molar-refractivity contribution in [2.75, 3.05) is 24.7 Å². The molecule has 1 heterocycles. The minimum absolute atomic E-state index is 0. The van der Waals surface area contributed by atoms with Crippen LogP contribution in [-0.4, -0.2) is 79.9 Å². The first-order chi connectivity index (χ1) is 11.5. The van der Waals surface area contributed by atoms with Crippen molar-refractivity contribution in [3.05, 3.63) is 35.4 Å². The van der Waals surface area contributed by atoms with Gasteiger partial charge in [0.2, 0.25) is 0 Å². The molecule has 0 amide bonds. The molecule has 6 atom stereocenters. The summed E-state index contributed by atoms with van der Waals surface area (Å²) in [6.07, 6.45) is -3.51. The third-order valence-corrected chi connectivity index (χ3v) is 7.30. The molecule has 25 heavy (non-hydrogen) atoms. The van der Waals surface area contributed by atoms with E-state index < -0.39 is 40.6 Å². The van der Waals surface area contributed by atoms with Crippen molar-refractivity contribution in [2.24, 2.45) is 0 Å². The average molecular weight is 395 g/mol. The van der Waals surface area contributed by atoms with Crippen LogP contribution in [0.4, 0.5) is 0 Å². The zero-order valence-electron chi connectivity index (χ0n) is 14.2. The van der Waals surface area contributed by atoms with Gasteiger partial charge < -0.3 is 42.7 Å². The van der Waals surface area contributed by atoms with Crippen molar-refractivity contribution in [3.8, 4) is 0 Å². The van der Waals surface area contributed by atoms with Crippen LogP contribution < -0.4 is 12.4 Å². The van der Waals surface area contributed by atoms with Crippen LogP contribution in [0.1, 0.15) is 11.1 Å². The highest BCUT2D eigenvalue weighted by Gasteiger charge is 2.50. The molecule has 1 saturated heterocycles. The van der Waals surface area contributed by atoms with Gasteiger partial charge in [0.1, 0.15) is 35.9 Å². The van der Waals surface area contributed by atoms with Gasteiger partial charge in [-0.1, -0.05) is 24.3 Å². The van der Waals surface area contributed by atoms with Crippen LogP contribution in [-0.2, 0) is 22.2 Å². The van der Waals surface area contributed by atoms with Gasteiger partial charge in [-0.2, -0.15) is 0 Å². The summed E-state index contributed by atoms with van der Waals surface area (Å²) >= 11 is 0. The van der Waals surface area contributed by atoms with Gasteiger partial charge in [0.05, 0.1) is 19.8 Å². The van der Waals surface area contributed by atoms with Gasteiger partial charge >= 0.3 is 0 Å². The van der Waals surface area contributed by atoms with E-state index in [9.17, 15) is 25.5 Å². The molecule has 0 saturated carbocycles. The molecule has 1 fully saturated rings. The Balaban J connectivity index is 0.00000312. The molecule has 1 aromatic rings. The van der Waals surface area contributed by atoms with Crippen LogP contribution in [0.15, 0.2) is 24.3 Å².